The number of rotatable bonds is 4. The lowest BCUT2D eigenvalue weighted by molar-refractivity contribution is 0.102. The highest BCUT2D eigenvalue weighted by Crippen LogP contribution is 2.19. The number of piperidine rings is 1. The van der Waals surface area contributed by atoms with Gasteiger partial charge in [0.15, 0.2) is 5.69 Å². The molecule has 4 rings (SSSR count). The van der Waals surface area contributed by atoms with Crippen LogP contribution in [0.5, 0.6) is 0 Å². The molecule has 0 saturated carbocycles. The Morgan fingerprint density at radius 3 is 3.04 bits per heavy atom. The highest BCUT2D eigenvalue weighted by atomic mass is 16.1. The summed E-state index contributed by atoms with van der Waals surface area (Å²) >= 11 is 0. The van der Waals surface area contributed by atoms with Crippen molar-refractivity contribution in [3.63, 3.8) is 0 Å². The van der Waals surface area contributed by atoms with Gasteiger partial charge in [0.2, 0.25) is 0 Å². The van der Waals surface area contributed by atoms with E-state index in [2.05, 4.69) is 31.3 Å². The monoisotopic (exact) mass is 352 g/mol. The second-order valence-electron chi connectivity index (χ2n) is 6.39. The third-order valence-electron chi connectivity index (χ3n) is 4.55. The van der Waals surface area contributed by atoms with Gasteiger partial charge < -0.3 is 10.6 Å². The first-order valence-electron chi connectivity index (χ1n) is 8.62. The third-order valence-corrected chi connectivity index (χ3v) is 4.55. The maximum absolute atomic E-state index is 12.5. The minimum atomic E-state index is -0.237. The van der Waals surface area contributed by atoms with Crippen molar-refractivity contribution in [3.8, 4) is 5.69 Å². The van der Waals surface area contributed by atoms with Crippen LogP contribution in [0.3, 0.4) is 0 Å². The number of nitrogens with zero attached hydrogens (tertiary/aromatic N) is 6. The zero-order valence-corrected chi connectivity index (χ0v) is 14.5. The van der Waals surface area contributed by atoms with Crippen LogP contribution in [0.15, 0.2) is 36.8 Å². The van der Waals surface area contributed by atoms with Crippen molar-refractivity contribution >= 4 is 11.6 Å². The molecule has 1 atom stereocenters. The normalized spacial score (nSPS) is 17.2. The maximum atomic E-state index is 12.5. The van der Waals surface area contributed by atoms with E-state index in [1.165, 1.54) is 6.33 Å². The highest BCUT2D eigenvalue weighted by molar-refractivity contribution is 6.02. The van der Waals surface area contributed by atoms with E-state index < -0.39 is 0 Å². The van der Waals surface area contributed by atoms with Crippen LogP contribution < -0.4 is 10.6 Å². The fraction of sp³-hybridized carbons (Fsp3) is 0.353. The minimum Gasteiger partial charge on any atom is -0.321 e. The first-order valence-corrected chi connectivity index (χ1v) is 8.62. The van der Waals surface area contributed by atoms with E-state index in [9.17, 15) is 4.79 Å². The lowest BCUT2D eigenvalue weighted by Gasteiger charge is -2.22. The lowest BCUT2D eigenvalue weighted by atomic mass is 10.1. The van der Waals surface area contributed by atoms with Gasteiger partial charge in [-0.05, 0) is 60.5 Å². The highest BCUT2D eigenvalue weighted by Gasteiger charge is 2.18. The Balaban J connectivity index is 1.50. The average Bonchev–Trinajstić information content (AvgIpc) is 3.36. The molecule has 2 aromatic heterocycles. The molecule has 1 aliphatic rings. The van der Waals surface area contributed by atoms with Crippen molar-refractivity contribution in [2.24, 2.45) is 0 Å². The fourth-order valence-electron chi connectivity index (χ4n) is 3.12. The third kappa shape index (κ3) is 3.33. The lowest BCUT2D eigenvalue weighted by Crippen LogP contribution is -2.32. The van der Waals surface area contributed by atoms with E-state index in [0.29, 0.717) is 17.4 Å². The number of hydrogen-bond acceptors (Lipinski definition) is 6. The predicted octanol–water partition coefficient (Wildman–Crippen LogP) is 1.34. The van der Waals surface area contributed by atoms with Crippen LogP contribution in [-0.4, -0.2) is 49.0 Å². The van der Waals surface area contributed by atoms with Crippen molar-refractivity contribution in [3.05, 3.63) is 48.0 Å². The maximum Gasteiger partial charge on any atom is 0.276 e. The largest absolute Gasteiger partial charge is 0.321 e. The molecule has 9 nitrogen and oxygen atoms in total. The molecule has 26 heavy (non-hydrogen) atoms. The summed E-state index contributed by atoms with van der Waals surface area (Å²) in [5.41, 5.74) is 2.89. The molecule has 0 spiro atoms. The second-order valence-corrected chi connectivity index (χ2v) is 6.39. The summed E-state index contributed by atoms with van der Waals surface area (Å²) in [4.78, 5) is 12.5. The second kappa shape index (κ2) is 7.04. The van der Waals surface area contributed by atoms with Crippen LogP contribution in [0.2, 0.25) is 0 Å². The molecule has 3 heterocycles. The summed E-state index contributed by atoms with van der Waals surface area (Å²) in [7, 11) is 0. The average molecular weight is 352 g/mol. The van der Waals surface area contributed by atoms with E-state index in [4.69, 9.17) is 0 Å². The van der Waals surface area contributed by atoms with Crippen LogP contribution >= 0.6 is 0 Å². The van der Waals surface area contributed by atoms with Gasteiger partial charge in [-0.2, -0.15) is 5.10 Å². The van der Waals surface area contributed by atoms with Crippen molar-refractivity contribution in [2.45, 2.75) is 25.8 Å². The molecule has 2 N–H and O–H groups in total. The number of carbonyl (C=O) groups excluding carboxylic acids is 1. The van der Waals surface area contributed by atoms with Gasteiger partial charge in [0, 0.05) is 18.4 Å². The molecule has 1 unspecified atom stereocenters. The number of benzene rings is 1. The molecule has 0 bridgehead atoms. The van der Waals surface area contributed by atoms with E-state index >= 15 is 0 Å². The summed E-state index contributed by atoms with van der Waals surface area (Å²) < 4.78 is 3.44. The van der Waals surface area contributed by atoms with Gasteiger partial charge in [0.25, 0.3) is 5.91 Å². The van der Waals surface area contributed by atoms with Crippen molar-refractivity contribution in [1.29, 1.82) is 0 Å². The van der Waals surface area contributed by atoms with Crippen LogP contribution in [-0.2, 0) is 0 Å². The molecule has 1 aromatic carbocycles. The Kier molecular flexibility index (Phi) is 4.44. The summed E-state index contributed by atoms with van der Waals surface area (Å²) in [6.45, 7) is 3.89. The van der Waals surface area contributed by atoms with Gasteiger partial charge in [-0.1, -0.05) is 6.07 Å². The van der Waals surface area contributed by atoms with Gasteiger partial charge >= 0.3 is 0 Å². The number of tetrazole rings is 1. The molecular weight excluding hydrogens is 332 g/mol. The van der Waals surface area contributed by atoms with Crippen LogP contribution in [0.25, 0.3) is 5.69 Å². The molecule has 134 valence electrons. The summed E-state index contributed by atoms with van der Waals surface area (Å²) in [5.74, 6) is -0.237. The molecular formula is C17H20N8O. The van der Waals surface area contributed by atoms with Gasteiger partial charge in [-0.25, -0.2) is 4.68 Å². The molecule has 1 amide bonds. The number of nitrogens with one attached hydrogen (secondary N) is 2. The van der Waals surface area contributed by atoms with Crippen LogP contribution in [0.1, 0.15) is 34.9 Å². The Morgan fingerprint density at radius 1 is 1.35 bits per heavy atom. The number of aryl methyl sites for hydroxylation is 1. The number of aromatic nitrogens is 6. The molecule has 0 radical (unpaired) electrons. The summed E-state index contributed by atoms with van der Waals surface area (Å²) in [6.07, 6.45) is 5.58. The number of amides is 1. The molecule has 1 fully saturated rings. The molecule has 9 heteroatoms. The predicted molar refractivity (Wildman–Crippen MR) is 95.2 cm³/mol. The van der Waals surface area contributed by atoms with E-state index in [1.54, 1.807) is 10.7 Å². The number of anilines is 1. The summed E-state index contributed by atoms with van der Waals surface area (Å²) in [5, 5.41) is 21.9. The van der Waals surface area contributed by atoms with Gasteiger partial charge in [0.1, 0.15) is 6.33 Å². The minimum absolute atomic E-state index is 0.237. The summed E-state index contributed by atoms with van der Waals surface area (Å²) in [6, 6.07) is 7.66. The van der Waals surface area contributed by atoms with Gasteiger partial charge in [0.05, 0.1) is 11.7 Å². The molecule has 0 aliphatic carbocycles. The molecule has 1 saturated heterocycles. The number of carbonyl (C=O) groups is 1. The van der Waals surface area contributed by atoms with Crippen molar-refractivity contribution in [1.82, 2.24) is 35.3 Å². The van der Waals surface area contributed by atoms with Gasteiger partial charge in [-0.3, -0.25) is 9.48 Å². The van der Waals surface area contributed by atoms with E-state index in [-0.39, 0.29) is 5.91 Å². The zero-order chi connectivity index (χ0) is 17.9. The first-order chi connectivity index (χ1) is 12.7. The zero-order valence-electron chi connectivity index (χ0n) is 14.5. The first kappa shape index (κ1) is 16.4. The Morgan fingerprint density at radius 2 is 2.27 bits per heavy atom. The number of hydrogen-bond donors (Lipinski definition) is 2. The van der Waals surface area contributed by atoms with E-state index in [1.807, 2.05) is 36.0 Å². The fourth-order valence-corrected chi connectivity index (χ4v) is 3.12. The van der Waals surface area contributed by atoms with Crippen molar-refractivity contribution < 1.29 is 4.79 Å². The van der Waals surface area contributed by atoms with Crippen LogP contribution in [0.4, 0.5) is 5.69 Å². The Hall–Kier alpha value is -3.07. The Labute approximate surface area is 150 Å². The van der Waals surface area contributed by atoms with Crippen LogP contribution in [0, 0.1) is 6.92 Å². The Bertz CT molecular complexity index is 895. The SMILES string of the molecule is Cc1ccc(NC(=O)c2ccn(C3CCCNC3)n2)cc1-n1cnnn1. The van der Waals surface area contributed by atoms with Crippen molar-refractivity contribution in [2.75, 3.05) is 18.4 Å². The molecule has 1 aliphatic heterocycles. The quantitative estimate of drug-likeness (QED) is 0.735. The molecule has 3 aromatic rings. The standard InChI is InChI=1S/C17H20N8O/c1-12-4-5-13(9-16(12)25-11-19-22-23-25)20-17(26)15-6-8-24(21-15)14-3-2-7-18-10-14/h4-6,8-9,11,14,18H,2-3,7,10H2,1H3,(H,20,26). The topological polar surface area (TPSA) is 103 Å². The smallest absolute Gasteiger partial charge is 0.276 e. The van der Waals surface area contributed by atoms with E-state index in [0.717, 1.165) is 37.2 Å². The van der Waals surface area contributed by atoms with Gasteiger partial charge in [-0.15, -0.1) is 5.10 Å².